The lowest BCUT2D eigenvalue weighted by Gasteiger charge is -2.12. The molecule has 0 atom stereocenters. The summed E-state index contributed by atoms with van der Waals surface area (Å²) in [7, 11) is 3.65. The summed E-state index contributed by atoms with van der Waals surface area (Å²) in [6.07, 6.45) is 5.42. The Morgan fingerprint density at radius 3 is 2.42 bits per heavy atom. The van der Waals surface area contributed by atoms with Crippen molar-refractivity contribution >= 4 is 29.1 Å². The van der Waals surface area contributed by atoms with E-state index in [0.29, 0.717) is 36.4 Å². The third-order valence-electron chi connectivity index (χ3n) is 4.69. The maximum atomic E-state index is 12.6. The smallest absolute Gasteiger partial charge is 0.251 e. The van der Waals surface area contributed by atoms with Crippen LogP contribution in [0.2, 0.25) is 0 Å². The molecule has 0 fully saturated rings. The summed E-state index contributed by atoms with van der Waals surface area (Å²) in [6, 6.07) is 14.1. The van der Waals surface area contributed by atoms with Gasteiger partial charge in [0, 0.05) is 48.8 Å². The number of amides is 3. The number of hydrogen-bond donors (Lipinski definition) is 3. The number of nitrogens with zero attached hydrogens (tertiary/aromatic N) is 3. The highest BCUT2D eigenvalue weighted by Gasteiger charge is 2.09. The minimum atomic E-state index is -0.258. The third-order valence-corrected chi connectivity index (χ3v) is 4.69. The largest absolute Gasteiger partial charge is 0.348 e. The van der Waals surface area contributed by atoms with Gasteiger partial charge in [-0.25, -0.2) is 4.98 Å². The Bertz CT molecular complexity index is 1100. The summed E-state index contributed by atoms with van der Waals surface area (Å²) in [4.78, 5) is 42.5. The first kappa shape index (κ1) is 23.7. The van der Waals surface area contributed by atoms with E-state index in [-0.39, 0.29) is 24.3 Å². The Kier molecular flexibility index (Phi) is 8.31. The van der Waals surface area contributed by atoms with Crippen LogP contribution in [0, 0.1) is 0 Å². The quantitative estimate of drug-likeness (QED) is 0.441. The Balaban J connectivity index is 1.52. The number of aryl methyl sites for hydroxylation is 1. The van der Waals surface area contributed by atoms with Gasteiger partial charge in [-0.2, -0.15) is 0 Å². The molecule has 0 aliphatic carbocycles. The Morgan fingerprint density at radius 1 is 0.970 bits per heavy atom. The van der Waals surface area contributed by atoms with E-state index in [4.69, 9.17) is 0 Å². The third kappa shape index (κ3) is 7.89. The van der Waals surface area contributed by atoms with E-state index in [1.54, 1.807) is 54.0 Å². The fourth-order valence-corrected chi connectivity index (χ4v) is 3.14. The molecular weight excluding hydrogens is 420 g/mol. The molecule has 3 rings (SSSR count). The molecule has 2 aromatic carbocycles. The Morgan fingerprint density at radius 2 is 1.70 bits per heavy atom. The fraction of sp³-hybridized carbons (Fsp3) is 0.250. The molecule has 172 valence electrons. The first-order valence-corrected chi connectivity index (χ1v) is 10.6. The van der Waals surface area contributed by atoms with Crippen molar-refractivity contribution < 1.29 is 14.4 Å². The van der Waals surface area contributed by atoms with Crippen LogP contribution in [0.4, 0.5) is 11.4 Å². The lowest BCUT2D eigenvalue weighted by Crippen LogP contribution is -2.27. The number of carbonyl (C=O) groups excluding carboxylic acids is 3. The molecule has 3 amide bonds. The highest BCUT2D eigenvalue weighted by molar-refractivity contribution is 5.97. The van der Waals surface area contributed by atoms with E-state index in [0.717, 1.165) is 5.56 Å². The van der Waals surface area contributed by atoms with Gasteiger partial charge in [0.15, 0.2) is 0 Å². The predicted octanol–water partition coefficient (Wildman–Crippen LogP) is 2.34. The van der Waals surface area contributed by atoms with Crippen molar-refractivity contribution in [3.63, 3.8) is 0 Å². The van der Waals surface area contributed by atoms with Crippen LogP contribution >= 0.6 is 0 Å². The van der Waals surface area contributed by atoms with Crippen molar-refractivity contribution in [1.82, 2.24) is 19.8 Å². The molecule has 9 nitrogen and oxygen atoms in total. The first-order chi connectivity index (χ1) is 15.9. The van der Waals surface area contributed by atoms with Gasteiger partial charge in [0.1, 0.15) is 0 Å². The molecular formula is C24H28N6O3. The van der Waals surface area contributed by atoms with Gasteiger partial charge in [-0.1, -0.05) is 18.2 Å². The number of aromatic nitrogens is 2. The lowest BCUT2D eigenvalue weighted by molar-refractivity contribution is -0.117. The summed E-state index contributed by atoms with van der Waals surface area (Å²) in [5.41, 5.74) is 2.53. The molecule has 1 aromatic heterocycles. The van der Waals surface area contributed by atoms with E-state index >= 15 is 0 Å². The van der Waals surface area contributed by atoms with Crippen LogP contribution < -0.4 is 16.0 Å². The summed E-state index contributed by atoms with van der Waals surface area (Å²) in [5.74, 6) is -0.508. The van der Waals surface area contributed by atoms with Crippen LogP contribution in [0.3, 0.4) is 0 Å². The van der Waals surface area contributed by atoms with Gasteiger partial charge >= 0.3 is 0 Å². The van der Waals surface area contributed by atoms with Crippen molar-refractivity contribution in [2.24, 2.45) is 0 Å². The normalized spacial score (nSPS) is 10.6. The van der Waals surface area contributed by atoms with E-state index in [1.807, 2.05) is 36.9 Å². The van der Waals surface area contributed by atoms with E-state index < -0.39 is 0 Å². The molecule has 0 bridgehead atoms. The minimum absolute atomic E-state index is 0.106. The second-order valence-corrected chi connectivity index (χ2v) is 7.85. The van der Waals surface area contributed by atoms with Gasteiger partial charge < -0.3 is 25.4 Å². The van der Waals surface area contributed by atoms with Crippen molar-refractivity contribution in [2.45, 2.75) is 19.5 Å². The van der Waals surface area contributed by atoms with Crippen LogP contribution in [0.25, 0.3) is 0 Å². The van der Waals surface area contributed by atoms with Crippen molar-refractivity contribution in [3.05, 3.63) is 78.4 Å². The van der Waals surface area contributed by atoms with Crippen LogP contribution in [-0.4, -0.2) is 52.8 Å². The number of carbonyl (C=O) groups is 3. The minimum Gasteiger partial charge on any atom is -0.348 e. The number of likely N-dealkylation sites (N-methyl/N-ethyl adjacent to an activating group) is 1. The molecule has 0 spiro atoms. The van der Waals surface area contributed by atoms with Crippen molar-refractivity contribution in [2.75, 3.05) is 31.3 Å². The van der Waals surface area contributed by atoms with Gasteiger partial charge in [0.05, 0.1) is 12.9 Å². The second-order valence-electron chi connectivity index (χ2n) is 7.85. The van der Waals surface area contributed by atoms with Gasteiger partial charge in [-0.05, 0) is 50.0 Å². The molecule has 9 heteroatoms. The highest BCUT2D eigenvalue weighted by Crippen LogP contribution is 2.13. The molecule has 0 saturated carbocycles. The van der Waals surface area contributed by atoms with Crippen molar-refractivity contribution in [1.29, 1.82) is 0 Å². The summed E-state index contributed by atoms with van der Waals surface area (Å²) < 4.78 is 1.83. The number of imidazole rings is 1. The fourth-order valence-electron chi connectivity index (χ4n) is 3.14. The molecule has 0 radical (unpaired) electrons. The SMILES string of the molecule is CN(C)CC(=O)Nc1cccc(CNC(=O)c2cccc(NC(=O)CCn3ccnc3)c2)c1. The van der Waals surface area contributed by atoms with Crippen LogP contribution in [0.15, 0.2) is 67.3 Å². The molecule has 1 heterocycles. The zero-order valence-electron chi connectivity index (χ0n) is 18.7. The maximum Gasteiger partial charge on any atom is 0.251 e. The van der Waals surface area contributed by atoms with Crippen LogP contribution in [-0.2, 0) is 22.7 Å². The number of anilines is 2. The molecule has 0 unspecified atom stereocenters. The Labute approximate surface area is 192 Å². The summed E-state index contributed by atoms with van der Waals surface area (Å²) in [5, 5.41) is 8.52. The van der Waals surface area contributed by atoms with E-state index in [9.17, 15) is 14.4 Å². The number of rotatable bonds is 10. The Hall–Kier alpha value is -3.98. The molecule has 0 aliphatic rings. The van der Waals surface area contributed by atoms with Gasteiger partial charge in [0.25, 0.3) is 5.91 Å². The summed E-state index contributed by atoms with van der Waals surface area (Å²) in [6.45, 7) is 1.12. The molecule has 33 heavy (non-hydrogen) atoms. The van der Waals surface area contributed by atoms with Crippen LogP contribution in [0.1, 0.15) is 22.3 Å². The van der Waals surface area contributed by atoms with Crippen molar-refractivity contribution in [3.8, 4) is 0 Å². The second kappa shape index (κ2) is 11.6. The zero-order chi connectivity index (χ0) is 23.6. The maximum absolute atomic E-state index is 12.6. The summed E-state index contributed by atoms with van der Waals surface area (Å²) >= 11 is 0. The predicted molar refractivity (Wildman–Crippen MR) is 127 cm³/mol. The van der Waals surface area contributed by atoms with E-state index in [1.165, 1.54) is 0 Å². The van der Waals surface area contributed by atoms with E-state index in [2.05, 4.69) is 20.9 Å². The highest BCUT2D eigenvalue weighted by atomic mass is 16.2. The van der Waals surface area contributed by atoms with Gasteiger partial charge in [-0.3, -0.25) is 14.4 Å². The van der Waals surface area contributed by atoms with Gasteiger partial charge in [0.2, 0.25) is 11.8 Å². The molecule has 0 saturated heterocycles. The lowest BCUT2D eigenvalue weighted by atomic mass is 10.1. The average Bonchev–Trinajstić information content (AvgIpc) is 3.30. The molecule has 3 N–H and O–H groups in total. The standard InChI is InChI=1S/C24H28N6O3/c1-29(2)16-23(32)28-20-7-3-5-18(13-20)15-26-24(33)19-6-4-8-21(14-19)27-22(31)9-11-30-12-10-25-17-30/h3-8,10,12-14,17H,9,11,15-16H2,1-2H3,(H,26,33)(H,27,31)(H,28,32). The first-order valence-electron chi connectivity index (χ1n) is 10.6. The zero-order valence-corrected chi connectivity index (χ0v) is 18.7. The average molecular weight is 449 g/mol. The number of benzene rings is 2. The molecule has 0 aliphatic heterocycles. The van der Waals surface area contributed by atoms with Crippen LogP contribution in [0.5, 0.6) is 0 Å². The number of nitrogens with one attached hydrogen (secondary N) is 3. The molecule has 3 aromatic rings. The number of hydrogen-bond acceptors (Lipinski definition) is 5. The topological polar surface area (TPSA) is 108 Å². The van der Waals surface area contributed by atoms with Gasteiger partial charge in [-0.15, -0.1) is 0 Å². The monoisotopic (exact) mass is 448 g/mol.